The van der Waals surface area contributed by atoms with Crippen LogP contribution in [0.15, 0.2) is 24.3 Å². The molecule has 0 amide bonds. The van der Waals surface area contributed by atoms with Crippen LogP contribution in [0.2, 0.25) is 0 Å². The number of alkyl halides is 1. The van der Waals surface area contributed by atoms with E-state index in [4.69, 9.17) is 11.6 Å². The summed E-state index contributed by atoms with van der Waals surface area (Å²) >= 11 is 5.94. The molecule has 0 aliphatic rings. The van der Waals surface area contributed by atoms with Gasteiger partial charge in [-0.2, -0.15) is 0 Å². The molecular formula is C13H19Cl. The van der Waals surface area contributed by atoms with Gasteiger partial charge < -0.3 is 0 Å². The predicted octanol–water partition coefficient (Wildman–Crippen LogP) is 4.37. The molecule has 0 heterocycles. The van der Waals surface area contributed by atoms with Gasteiger partial charge in [0.05, 0.1) is 0 Å². The smallest absolute Gasteiger partial charge is 0.0348 e. The Labute approximate surface area is 92.3 Å². The molecule has 0 saturated carbocycles. The molecule has 2 unspecified atom stereocenters. The van der Waals surface area contributed by atoms with Gasteiger partial charge in [-0.25, -0.2) is 0 Å². The second kappa shape index (κ2) is 5.41. The molecule has 1 heteroatoms. The average Bonchev–Trinajstić information content (AvgIpc) is 2.17. The van der Waals surface area contributed by atoms with E-state index in [2.05, 4.69) is 38.1 Å². The van der Waals surface area contributed by atoms with Crippen LogP contribution in [0.25, 0.3) is 0 Å². The molecule has 0 fully saturated rings. The minimum Gasteiger partial charge on any atom is -0.123 e. The van der Waals surface area contributed by atoms with Crippen LogP contribution in [-0.2, 0) is 6.42 Å². The largest absolute Gasteiger partial charge is 0.123 e. The molecule has 0 saturated heterocycles. The van der Waals surface area contributed by atoms with Crippen molar-refractivity contribution < 1.29 is 0 Å². The van der Waals surface area contributed by atoms with Crippen molar-refractivity contribution in [3.63, 3.8) is 0 Å². The van der Waals surface area contributed by atoms with Crippen molar-refractivity contribution in [1.29, 1.82) is 0 Å². The Morgan fingerprint density at radius 1 is 1.14 bits per heavy atom. The molecular weight excluding hydrogens is 192 g/mol. The van der Waals surface area contributed by atoms with Gasteiger partial charge in [0.25, 0.3) is 0 Å². The Morgan fingerprint density at radius 2 is 1.71 bits per heavy atom. The molecule has 0 bridgehead atoms. The van der Waals surface area contributed by atoms with Crippen molar-refractivity contribution in [3.05, 3.63) is 35.4 Å². The van der Waals surface area contributed by atoms with E-state index in [0.29, 0.717) is 5.92 Å². The third kappa shape index (κ3) is 3.34. The van der Waals surface area contributed by atoms with E-state index >= 15 is 0 Å². The number of hydrogen-bond donors (Lipinski definition) is 0. The minimum atomic E-state index is 0.226. The molecule has 0 aliphatic heterocycles. The number of rotatable bonds is 4. The Hall–Kier alpha value is -0.490. The van der Waals surface area contributed by atoms with Gasteiger partial charge in [0.2, 0.25) is 0 Å². The van der Waals surface area contributed by atoms with E-state index in [9.17, 15) is 0 Å². The maximum atomic E-state index is 5.94. The first kappa shape index (κ1) is 11.6. The second-order valence-electron chi connectivity index (χ2n) is 4.04. The Morgan fingerprint density at radius 3 is 2.14 bits per heavy atom. The predicted molar refractivity (Wildman–Crippen MR) is 64.2 cm³/mol. The summed E-state index contributed by atoms with van der Waals surface area (Å²) in [5.74, 6) is 0.664. The van der Waals surface area contributed by atoms with E-state index in [1.54, 1.807) is 0 Å². The number of hydrogen-bond acceptors (Lipinski definition) is 0. The van der Waals surface area contributed by atoms with Crippen LogP contribution in [0, 0.1) is 0 Å². The SMILES string of the molecule is CCC(C)c1ccc(CC(C)Cl)cc1. The van der Waals surface area contributed by atoms with E-state index in [1.807, 2.05) is 6.92 Å². The van der Waals surface area contributed by atoms with E-state index < -0.39 is 0 Å². The quantitative estimate of drug-likeness (QED) is 0.648. The highest BCUT2D eigenvalue weighted by Gasteiger charge is 2.03. The zero-order valence-electron chi connectivity index (χ0n) is 9.26. The van der Waals surface area contributed by atoms with Crippen LogP contribution < -0.4 is 0 Å². The van der Waals surface area contributed by atoms with E-state index in [-0.39, 0.29) is 5.38 Å². The lowest BCUT2D eigenvalue weighted by atomic mass is 9.97. The Kier molecular flexibility index (Phi) is 4.47. The highest BCUT2D eigenvalue weighted by atomic mass is 35.5. The van der Waals surface area contributed by atoms with E-state index in [1.165, 1.54) is 17.5 Å². The zero-order chi connectivity index (χ0) is 10.6. The molecule has 0 spiro atoms. The minimum absolute atomic E-state index is 0.226. The average molecular weight is 211 g/mol. The molecule has 78 valence electrons. The fourth-order valence-electron chi connectivity index (χ4n) is 1.54. The summed E-state index contributed by atoms with van der Waals surface area (Å²) in [5, 5.41) is 0.226. The first-order chi connectivity index (χ1) is 6.63. The van der Waals surface area contributed by atoms with Crippen molar-refractivity contribution in [3.8, 4) is 0 Å². The molecule has 1 aromatic rings. The third-order valence-corrected chi connectivity index (χ3v) is 2.83. The molecule has 0 N–H and O–H groups in total. The topological polar surface area (TPSA) is 0 Å². The van der Waals surface area contributed by atoms with Crippen molar-refractivity contribution in [1.82, 2.24) is 0 Å². The zero-order valence-corrected chi connectivity index (χ0v) is 10.0. The fraction of sp³-hybridized carbons (Fsp3) is 0.538. The third-order valence-electron chi connectivity index (χ3n) is 2.68. The lowest BCUT2D eigenvalue weighted by Gasteiger charge is -2.10. The normalized spacial score (nSPS) is 15.1. The van der Waals surface area contributed by atoms with Gasteiger partial charge in [-0.15, -0.1) is 11.6 Å². The summed E-state index contributed by atoms with van der Waals surface area (Å²) in [6.45, 7) is 6.52. The van der Waals surface area contributed by atoms with Gasteiger partial charge in [-0.1, -0.05) is 38.1 Å². The molecule has 0 nitrogen and oxygen atoms in total. The highest BCUT2D eigenvalue weighted by Crippen LogP contribution is 2.19. The van der Waals surface area contributed by atoms with Crippen LogP contribution >= 0.6 is 11.6 Å². The summed E-state index contributed by atoms with van der Waals surface area (Å²) in [6.07, 6.45) is 2.16. The molecule has 1 aromatic carbocycles. The molecule has 0 aliphatic carbocycles. The maximum absolute atomic E-state index is 5.94. The Bertz CT molecular complexity index is 261. The Balaban J connectivity index is 2.68. The molecule has 14 heavy (non-hydrogen) atoms. The van der Waals surface area contributed by atoms with Gasteiger partial charge >= 0.3 is 0 Å². The monoisotopic (exact) mass is 210 g/mol. The lowest BCUT2D eigenvalue weighted by Crippen LogP contribution is -1.98. The van der Waals surface area contributed by atoms with Crippen LogP contribution in [0.3, 0.4) is 0 Å². The van der Waals surface area contributed by atoms with Crippen LogP contribution in [0.5, 0.6) is 0 Å². The lowest BCUT2D eigenvalue weighted by molar-refractivity contribution is 0.733. The van der Waals surface area contributed by atoms with Gasteiger partial charge in [0, 0.05) is 5.38 Å². The summed E-state index contributed by atoms with van der Waals surface area (Å²) in [7, 11) is 0. The van der Waals surface area contributed by atoms with E-state index in [0.717, 1.165) is 6.42 Å². The molecule has 0 radical (unpaired) electrons. The standard InChI is InChI=1S/C13H19Cl/c1-4-10(2)13-7-5-12(6-8-13)9-11(3)14/h5-8,10-11H,4,9H2,1-3H3. The summed E-state index contributed by atoms with van der Waals surface area (Å²) < 4.78 is 0. The van der Waals surface area contributed by atoms with Crippen LogP contribution in [-0.4, -0.2) is 5.38 Å². The summed E-state index contributed by atoms with van der Waals surface area (Å²) in [6, 6.07) is 8.84. The van der Waals surface area contributed by atoms with Crippen LogP contribution in [0.1, 0.15) is 44.2 Å². The molecule has 1 rings (SSSR count). The molecule has 2 atom stereocenters. The van der Waals surface area contributed by atoms with Gasteiger partial charge in [-0.05, 0) is 36.8 Å². The number of benzene rings is 1. The van der Waals surface area contributed by atoms with Crippen LogP contribution in [0.4, 0.5) is 0 Å². The van der Waals surface area contributed by atoms with Crippen molar-refractivity contribution >= 4 is 11.6 Å². The van der Waals surface area contributed by atoms with Crippen molar-refractivity contribution in [2.45, 2.75) is 44.9 Å². The summed E-state index contributed by atoms with van der Waals surface area (Å²) in [4.78, 5) is 0. The van der Waals surface area contributed by atoms with Crippen molar-refractivity contribution in [2.24, 2.45) is 0 Å². The van der Waals surface area contributed by atoms with Gasteiger partial charge in [-0.3, -0.25) is 0 Å². The van der Waals surface area contributed by atoms with Gasteiger partial charge in [0.1, 0.15) is 0 Å². The van der Waals surface area contributed by atoms with Crippen molar-refractivity contribution in [2.75, 3.05) is 0 Å². The first-order valence-electron chi connectivity index (χ1n) is 5.36. The maximum Gasteiger partial charge on any atom is 0.0348 e. The van der Waals surface area contributed by atoms with Gasteiger partial charge in [0.15, 0.2) is 0 Å². The molecule has 0 aromatic heterocycles. The number of halogens is 1. The first-order valence-corrected chi connectivity index (χ1v) is 5.80. The second-order valence-corrected chi connectivity index (χ2v) is 4.78. The highest BCUT2D eigenvalue weighted by molar-refractivity contribution is 6.20. The fourth-order valence-corrected chi connectivity index (χ4v) is 1.72. The summed E-state index contributed by atoms with van der Waals surface area (Å²) in [5.41, 5.74) is 2.76.